The van der Waals surface area contributed by atoms with E-state index in [0.717, 1.165) is 0 Å². The Morgan fingerprint density at radius 1 is 1.28 bits per heavy atom. The summed E-state index contributed by atoms with van der Waals surface area (Å²) < 4.78 is 26.4. The molecule has 1 atom stereocenters. The van der Waals surface area contributed by atoms with Crippen LogP contribution < -0.4 is 10.0 Å². The van der Waals surface area contributed by atoms with Crippen LogP contribution in [0.5, 0.6) is 0 Å². The van der Waals surface area contributed by atoms with Gasteiger partial charge in [-0.3, -0.25) is 4.79 Å². The van der Waals surface area contributed by atoms with Crippen LogP contribution in [0.2, 0.25) is 5.02 Å². The Morgan fingerprint density at radius 2 is 1.92 bits per heavy atom. The first-order valence-corrected chi connectivity index (χ1v) is 9.45. The van der Waals surface area contributed by atoms with Crippen LogP contribution in [0.1, 0.15) is 16.1 Å². The van der Waals surface area contributed by atoms with Gasteiger partial charge in [0.15, 0.2) is 0 Å². The molecule has 1 amide bonds. The van der Waals surface area contributed by atoms with Crippen molar-refractivity contribution in [3.05, 3.63) is 52.5 Å². The maximum atomic E-state index is 12.1. The largest absolute Gasteiger partial charge is 2.00 e. The Morgan fingerprint density at radius 3 is 2.40 bits per heavy atom. The fourth-order valence-corrected chi connectivity index (χ4v) is 3.97. The summed E-state index contributed by atoms with van der Waals surface area (Å²) in [6.45, 7) is 3.47. The van der Waals surface area contributed by atoms with Gasteiger partial charge in [-0.1, -0.05) is 11.6 Å². The van der Waals surface area contributed by atoms with Crippen LogP contribution in [0.15, 0.2) is 40.6 Å². The van der Waals surface area contributed by atoms with E-state index in [1.165, 1.54) is 35.6 Å². The molecule has 0 aliphatic carbocycles. The van der Waals surface area contributed by atoms with Gasteiger partial charge in [-0.05, 0) is 35.7 Å². The first-order chi connectivity index (χ1) is 11.4. The third kappa shape index (κ3) is 5.91. The molecule has 130 valence electrons. The molecule has 1 aromatic heterocycles. The Balaban J connectivity index is 0.00000312. The van der Waals surface area contributed by atoms with Gasteiger partial charge >= 0.3 is 31.1 Å². The van der Waals surface area contributed by atoms with Gasteiger partial charge in [-0.15, -0.1) is 17.4 Å². The summed E-state index contributed by atoms with van der Waals surface area (Å²) in [5, 5.41) is 4.67. The van der Waals surface area contributed by atoms with E-state index in [9.17, 15) is 18.0 Å². The van der Waals surface area contributed by atoms with Crippen LogP contribution in [0.3, 0.4) is 0 Å². The second-order valence-corrected chi connectivity index (χ2v) is 7.69. The average molecular weight is 623 g/mol. The Hall–Kier alpha value is -0.688. The van der Waals surface area contributed by atoms with Crippen LogP contribution in [-0.4, -0.2) is 26.7 Å². The summed E-state index contributed by atoms with van der Waals surface area (Å²) in [7, 11) is -3.86. The van der Waals surface area contributed by atoms with E-state index >= 15 is 0 Å². The maximum absolute atomic E-state index is 12.1. The van der Waals surface area contributed by atoms with Crippen molar-refractivity contribution in [2.75, 3.05) is 5.32 Å². The topological polar surface area (TPSA) is 92.3 Å². The average Bonchev–Trinajstić information content (AvgIpc) is 2.99. The first-order valence-electron chi connectivity index (χ1n) is 6.71. The van der Waals surface area contributed by atoms with Crippen molar-refractivity contribution in [3.8, 4) is 0 Å². The van der Waals surface area contributed by atoms with Crippen LogP contribution in [0, 0.1) is 38.0 Å². The van der Waals surface area contributed by atoms with Gasteiger partial charge in [-0.2, -0.15) is 6.42 Å². The zero-order valence-corrected chi connectivity index (χ0v) is 19.3. The van der Waals surface area contributed by atoms with Gasteiger partial charge in [0.2, 0.25) is 10.0 Å². The summed E-state index contributed by atoms with van der Waals surface area (Å²) in [6.07, 6.45) is 1.62. The molecule has 0 aliphatic heterocycles. The number of amides is 1. The second-order valence-electron chi connectivity index (χ2n) is 4.66. The predicted octanol–water partition coefficient (Wildman–Crippen LogP) is 2.63. The van der Waals surface area contributed by atoms with Crippen molar-refractivity contribution in [2.24, 2.45) is 0 Å². The van der Waals surface area contributed by atoms with E-state index in [2.05, 4.69) is 17.0 Å². The molecule has 25 heavy (non-hydrogen) atoms. The number of anilines is 1. The summed E-state index contributed by atoms with van der Waals surface area (Å²) in [5.41, 5.74) is 0.416. The zero-order valence-electron chi connectivity index (χ0n) is 12.8. The van der Waals surface area contributed by atoms with E-state index < -0.39 is 16.1 Å². The number of benzene rings is 1. The van der Waals surface area contributed by atoms with Crippen molar-refractivity contribution in [1.82, 2.24) is 4.72 Å². The fourth-order valence-electron chi connectivity index (χ4n) is 1.76. The monoisotopic (exact) mass is 622 g/mol. The van der Waals surface area contributed by atoms with Crippen molar-refractivity contribution in [2.45, 2.75) is 17.4 Å². The number of carbonyl (C=O) groups is 1. The van der Waals surface area contributed by atoms with Crippen LogP contribution in [-0.2, 0) is 14.8 Å². The van der Waals surface area contributed by atoms with Crippen molar-refractivity contribution in [3.63, 3.8) is 0 Å². The van der Waals surface area contributed by atoms with Gasteiger partial charge < -0.3 is 17.0 Å². The minimum atomic E-state index is -3.86. The van der Waals surface area contributed by atoms with E-state index in [4.69, 9.17) is 11.6 Å². The quantitative estimate of drug-likeness (QED) is 0.465. The number of hydrogen-bond acceptors (Lipinski definition) is 5. The van der Waals surface area contributed by atoms with Gasteiger partial charge in [0, 0.05) is 5.69 Å². The molecule has 1 unspecified atom stereocenters. The molecule has 0 spiro atoms. The minimum Gasteiger partial charge on any atom is -0.540 e. The van der Waals surface area contributed by atoms with Crippen molar-refractivity contribution < 1.29 is 49.1 Å². The van der Waals surface area contributed by atoms with E-state index in [1.54, 1.807) is 17.7 Å². The molecule has 0 radical (unpaired) electrons. The summed E-state index contributed by atoms with van der Waals surface area (Å²) in [5.74, 6) is -0.378. The normalized spacial score (nSPS) is 12.1. The van der Waals surface area contributed by atoms with Gasteiger partial charge in [-0.25, -0.2) is 19.4 Å². The van der Waals surface area contributed by atoms with Crippen LogP contribution >= 0.6 is 22.9 Å². The first kappa shape index (κ1) is 22.4. The standard InChI is InChI=1S/C15H13ClN2O4S2.U/c1-2-10(9-19)18-24(21,22)12-5-3-11(4-6-12)17-15(20)14-13(16)7-8-23-14;/h3-8,10,18H,1-2H2,(H,17,20);/q-2;+2. The number of nitrogens with one attached hydrogen (secondary N) is 2. The zero-order chi connectivity index (χ0) is 17.7. The molecule has 6 nitrogen and oxygen atoms in total. The number of halogens is 1. The molecule has 10 heteroatoms. The fraction of sp³-hybridized carbons (Fsp3) is 0.133. The predicted molar refractivity (Wildman–Crippen MR) is 93.5 cm³/mol. The van der Waals surface area contributed by atoms with Gasteiger partial charge in [0.1, 0.15) is 4.88 Å². The molecule has 0 bridgehead atoms. The summed E-state index contributed by atoms with van der Waals surface area (Å²) >= 11 is 7.09. The molecule has 1 aromatic carbocycles. The summed E-state index contributed by atoms with van der Waals surface area (Å²) in [6, 6.07) is 6.13. The smallest absolute Gasteiger partial charge is 0.540 e. The SMILES string of the molecule is [CH2-]CC([C-]=O)NS(=O)(=O)c1ccc(NC(=O)c2sccc2Cl)cc1.[U+2]. The molecule has 2 N–H and O–H groups in total. The number of rotatable bonds is 7. The van der Waals surface area contributed by atoms with Crippen molar-refractivity contribution >= 4 is 50.8 Å². The number of thiophene rings is 1. The van der Waals surface area contributed by atoms with E-state index in [1.807, 2.05) is 0 Å². The number of sulfonamides is 1. The molecule has 0 fully saturated rings. The van der Waals surface area contributed by atoms with Gasteiger partial charge in [0.25, 0.3) is 5.91 Å². The molecule has 0 aliphatic rings. The number of hydrogen-bond donors (Lipinski definition) is 2. The maximum Gasteiger partial charge on any atom is 2.00 e. The molecule has 0 saturated heterocycles. The minimum absolute atomic E-state index is 0. The Labute approximate surface area is 178 Å². The number of carbonyl (C=O) groups excluding carboxylic acids is 2. The third-order valence-corrected chi connectivity index (χ3v) is 5.80. The molecule has 2 rings (SSSR count). The molecular formula is C15H13ClN2O4S2U. The van der Waals surface area contributed by atoms with Crippen LogP contribution in [0.4, 0.5) is 5.69 Å². The second kappa shape index (κ2) is 9.86. The van der Waals surface area contributed by atoms with E-state index in [0.29, 0.717) is 15.6 Å². The van der Waals surface area contributed by atoms with Crippen LogP contribution in [0.25, 0.3) is 0 Å². The van der Waals surface area contributed by atoms with E-state index in [-0.39, 0.29) is 48.3 Å². The molecular weight excluding hydrogens is 610 g/mol. The molecule has 1 heterocycles. The molecule has 2 aromatic rings. The molecule has 0 saturated carbocycles. The van der Waals surface area contributed by atoms with Gasteiger partial charge in [0.05, 0.1) is 9.92 Å². The third-order valence-electron chi connectivity index (χ3n) is 2.97. The summed E-state index contributed by atoms with van der Waals surface area (Å²) in [4.78, 5) is 23.0. The Kier molecular flexibility index (Phi) is 8.81. The van der Waals surface area contributed by atoms with Crippen molar-refractivity contribution in [1.29, 1.82) is 0 Å². The Bertz CT molecular complexity index is 837.